The normalized spacial score (nSPS) is 19.9. The molecular formula is C15H22N2S. The van der Waals surface area contributed by atoms with Crippen LogP contribution in [0.4, 0.5) is 5.69 Å². The molecule has 1 atom stereocenters. The highest BCUT2D eigenvalue weighted by Gasteiger charge is 2.32. The predicted octanol–water partition coefficient (Wildman–Crippen LogP) is 3.75. The Balaban J connectivity index is 1.92. The Kier molecular flexibility index (Phi) is 3.91. The number of likely N-dealkylation sites (tertiary alicyclic amines) is 1. The van der Waals surface area contributed by atoms with Crippen LogP contribution in [-0.2, 0) is 0 Å². The second kappa shape index (κ2) is 5.27. The van der Waals surface area contributed by atoms with E-state index in [1.807, 2.05) is 30.3 Å². The highest BCUT2D eigenvalue weighted by Crippen LogP contribution is 2.33. The van der Waals surface area contributed by atoms with Crippen LogP contribution in [0.15, 0.2) is 30.3 Å². The number of nitrogens with one attached hydrogen (secondary N) is 1. The molecule has 0 saturated carbocycles. The van der Waals surface area contributed by atoms with Crippen molar-refractivity contribution in [1.82, 2.24) is 4.90 Å². The lowest BCUT2D eigenvalue weighted by Gasteiger charge is -2.27. The quantitative estimate of drug-likeness (QED) is 0.776. The summed E-state index contributed by atoms with van der Waals surface area (Å²) in [6.07, 6.45) is 1.24. The van der Waals surface area contributed by atoms with Gasteiger partial charge in [0.05, 0.1) is 0 Å². The van der Waals surface area contributed by atoms with Crippen LogP contribution < -0.4 is 5.32 Å². The Morgan fingerprint density at radius 3 is 2.50 bits per heavy atom. The van der Waals surface area contributed by atoms with Crippen molar-refractivity contribution in [3.8, 4) is 0 Å². The van der Waals surface area contributed by atoms with E-state index in [1.54, 1.807) is 0 Å². The van der Waals surface area contributed by atoms with Crippen LogP contribution in [0.1, 0.15) is 27.2 Å². The van der Waals surface area contributed by atoms with Crippen molar-refractivity contribution < 1.29 is 0 Å². The van der Waals surface area contributed by atoms with Crippen molar-refractivity contribution >= 4 is 23.0 Å². The third-order valence-electron chi connectivity index (χ3n) is 3.73. The highest BCUT2D eigenvalue weighted by atomic mass is 32.1. The molecule has 1 aliphatic heterocycles. The van der Waals surface area contributed by atoms with Crippen LogP contribution in [0.25, 0.3) is 0 Å². The minimum atomic E-state index is 0.372. The second-order valence-corrected chi connectivity index (χ2v) is 6.48. The van der Waals surface area contributed by atoms with Crippen LogP contribution >= 0.6 is 12.2 Å². The number of hydrogen-bond acceptors (Lipinski definition) is 1. The van der Waals surface area contributed by atoms with E-state index in [-0.39, 0.29) is 0 Å². The minimum absolute atomic E-state index is 0.372. The molecule has 0 amide bonds. The molecule has 1 N–H and O–H groups in total. The number of para-hydroxylation sites is 1. The summed E-state index contributed by atoms with van der Waals surface area (Å²) in [5.74, 6) is 0.730. The van der Waals surface area contributed by atoms with Gasteiger partial charge in [0, 0.05) is 18.8 Å². The number of anilines is 1. The van der Waals surface area contributed by atoms with Crippen molar-refractivity contribution in [2.75, 3.05) is 18.4 Å². The van der Waals surface area contributed by atoms with E-state index in [0.29, 0.717) is 5.41 Å². The van der Waals surface area contributed by atoms with E-state index in [4.69, 9.17) is 12.2 Å². The van der Waals surface area contributed by atoms with Crippen molar-refractivity contribution in [2.24, 2.45) is 11.3 Å². The molecule has 1 aromatic rings. The summed E-state index contributed by atoms with van der Waals surface area (Å²) in [7, 11) is 0. The maximum absolute atomic E-state index is 5.49. The third-order valence-corrected chi connectivity index (χ3v) is 4.09. The lowest BCUT2D eigenvalue weighted by molar-refractivity contribution is 0.251. The van der Waals surface area contributed by atoms with Crippen molar-refractivity contribution in [1.29, 1.82) is 0 Å². The average molecular weight is 262 g/mol. The Bertz CT molecular complexity index is 408. The molecule has 1 aliphatic rings. The Labute approximate surface area is 115 Å². The fourth-order valence-electron chi connectivity index (χ4n) is 2.38. The molecule has 98 valence electrons. The number of rotatable bonds is 1. The molecule has 1 saturated heterocycles. The molecule has 0 spiro atoms. The fourth-order valence-corrected chi connectivity index (χ4v) is 2.66. The van der Waals surface area contributed by atoms with Crippen molar-refractivity contribution in [2.45, 2.75) is 27.2 Å². The molecule has 1 aromatic carbocycles. The lowest BCUT2D eigenvalue weighted by atomic mass is 9.80. The molecule has 2 nitrogen and oxygen atoms in total. The first-order valence-electron chi connectivity index (χ1n) is 6.58. The molecule has 2 rings (SSSR count). The molecule has 0 bridgehead atoms. The Morgan fingerprint density at radius 2 is 1.94 bits per heavy atom. The molecule has 18 heavy (non-hydrogen) atoms. The number of nitrogens with zero attached hydrogens (tertiary/aromatic N) is 1. The van der Waals surface area contributed by atoms with E-state index in [1.165, 1.54) is 6.42 Å². The topological polar surface area (TPSA) is 15.3 Å². The Hall–Kier alpha value is -1.09. The van der Waals surface area contributed by atoms with Crippen LogP contribution in [0.3, 0.4) is 0 Å². The first kappa shape index (κ1) is 13.3. The standard InChI is InChI=1S/C15H22N2S/c1-15(2,3)12-9-10-17(11-12)14(18)16-13-7-5-4-6-8-13/h4-8,12H,9-11H2,1-3H3,(H,16,18). The van der Waals surface area contributed by atoms with Gasteiger partial charge in [-0.3, -0.25) is 0 Å². The van der Waals surface area contributed by atoms with Crippen LogP contribution in [-0.4, -0.2) is 23.1 Å². The zero-order chi connectivity index (χ0) is 13.2. The monoisotopic (exact) mass is 262 g/mol. The average Bonchev–Trinajstić information content (AvgIpc) is 2.79. The van der Waals surface area contributed by atoms with Gasteiger partial charge in [-0.1, -0.05) is 39.0 Å². The van der Waals surface area contributed by atoms with Gasteiger partial charge in [-0.25, -0.2) is 0 Å². The van der Waals surface area contributed by atoms with E-state index in [0.717, 1.165) is 29.8 Å². The van der Waals surface area contributed by atoms with Gasteiger partial charge in [-0.05, 0) is 42.1 Å². The first-order valence-corrected chi connectivity index (χ1v) is 6.98. The van der Waals surface area contributed by atoms with Crippen molar-refractivity contribution in [3.05, 3.63) is 30.3 Å². The summed E-state index contributed by atoms with van der Waals surface area (Å²) in [6, 6.07) is 10.1. The summed E-state index contributed by atoms with van der Waals surface area (Å²) in [5.41, 5.74) is 1.44. The number of thiocarbonyl (C=S) groups is 1. The maximum atomic E-state index is 5.49. The van der Waals surface area contributed by atoms with Crippen molar-refractivity contribution in [3.63, 3.8) is 0 Å². The van der Waals surface area contributed by atoms with Crippen LogP contribution in [0.2, 0.25) is 0 Å². The molecule has 0 aliphatic carbocycles. The lowest BCUT2D eigenvalue weighted by Crippen LogP contribution is -2.34. The highest BCUT2D eigenvalue weighted by molar-refractivity contribution is 7.80. The first-order chi connectivity index (χ1) is 8.47. The molecule has 3 heteroatoms. The largest absolute Gasteiger partial charge is 0.349 e. The van der Waals surface area contributed by atoms with Crippen LogP contribution in [0.5, 0.6) is 0 Å². The van der Waals surface area contributed by atoms with Gasteiger partial charge in [-0.15, -0.1) is 0 Å². The van der Waals surface area contributed by atoms with Gasteiger partial charge < -0.3 is 10.2 Å². The SMILES string of the molecule is CC(C)(C)C1CCN(C(=S)Nc2ccccc2)C1. The maximum Gasteiger partial charge on any atom is 0.173 e. The fraction of sp³-hybridized carbons (Fsp3) is 0.533. The molecule has 1 heterocycles. The summed E-state index contributed by atoms with van der Waals surface area (Å²) in [4.78, 5) is 2.29. The number of hydrogen-bond donors (Lipinski definition) is 1. The van der Waals surface area contributed by atoms with Gasteiger partial charge >= 0.3 is 0 Å². The van der Waals surface area contributed by atoms with E-state index in [2.05, 4.69) is 31.0 Å². The predicted molar refractivity (Wildman–Crippen MR) is 81.8 cm³/mol. The zero-order valence-electron chi connectivity index (χ0n) is 11.4. The summed E-state index contributed by atoms with van der Waals surface area (Å²) in [6.45, 7) is 9.08. The third kappa shape index (κ3) is 3.22. The molecular weight excluding hydrogens is 240 g/mol. The molecule has 1 unspecified atom stereocenters. The van der Waals surface area contributed by atoms with Gasteiger partial charge in [0.15, 0.2) is 5.11 Å². The van der Waals surface area contributed by atoms with E-state index >= 15 is 0 Å². The van der Waals surface area contributed by atoms with Gasteiger partial charge in [-0.2, -0.15) is 0 Å². The minimum Gasteiger partial charge on any atom is -0.349 e. The smallest absolute Gasteiger partial charge is 0.173 e. The summed E-state index contributed by atoms with van der Waals surface area (Å²) < 4.78 is 0. The molecule has 0 aromatic heterocycles. The van der Waals surface area contributed by atoms with Gasteiger partial charge in [0.2, 0.25) is 0 Å². The Morgan fingerprint density at radius 1 is 1.28 bits per heavy atom. The van der Waals surface area contributed by atoms with E-state index in [9.17, 15) is 0 Å². The van der Waals surface area contributed by atoms with E-state index < -0.39 is 0 Å². The van der Waals surface area contributed by atoms with Gasteiger partial charge in [0.25, 0.3) is 0 Å². The van der Waals surface area contributed by atoms with Crippen LogP contribution in [0, 0.1) is 11.3 Å². The van der Waals surface area contributed by atoms with Gasteiger partial charge in [0.1, 0.15) is 0 Å². The summed E-state index contributed by atoms with van der Waals surface area (Å²) >= 11 is 5.49. The second-order valence-electron chi connectivity index (χ2n) is 6.09. The zero-order valence-corrected chi connectivity index (χ0v) is 12.3. The molecule has 0 radical (unpaired) electrons. The summed E-state index contributed by atoms with van der Waals surface area (Å²) in [5, 5.41) is 4.17. The molecule has 1 fully saturated rings. The number of benzene rings is 1.